The second-order valence-electron chi connectivity index (χ2n) is 2.87. The molecule has 64 valence electrons. The van der Waals surface area contributed by atoms with Crippen LogP contribution in [0.15, 0.2) is 23.5 Å². The van der Waals surface area contributed by atoms with Crippen molar-refractivity contribution < 1.29 is 0 Å². The van der Waals surface area contributed by atoms with Crippen molar-refractivity contribution in [2.24, 2.45) is 0 Å². The van der Waals surface area contributed by atoms with Crippen LogP contribution in [0.4, 0.5) is 0 Å². The minimum absolute atomic E-state index is 1.02. The Balaban J connectivity index is 4.26. The van der Waals surface area contributed by atoms with Crippen molar-refractivity contribution in [1.29, 1.82) is 0 Å². The highest BCUT2D eigenvalue weighted by Crippen LogP contribution is 2.09. The van der Waals surface area contributed by atoms with Crippen molar-refractivity contribution in [3.8, 4) is 0 Å². The van der Waals surface area contributed by atoms with Gasteiger partial charge in [-0.2, -0.15) is 0 Å². The lowest BCUT2D eigenvalue weighted by atomic mass is 10.1. The molecule has 0 aliphatic heterocycles. The average Bonchev–Trinajstić information content (AvgIpc) is 1.98. The monoisotopic (exact) mass is 153 g/mol. The molecule has 0 rings (SSSR count). The molecule has 0 fully saturated rings. The van der Waals surface area contributed by atoms with E-state index in [0.717, 1.165) is 18.5 Å². The lowest BCUT2D eigenvalue weighted by Crippen LogP contribution is -2.10. The van der Waals surface area contributed by atoms with E-state index in [-0.39, 0.29) is 0 Å². The number of allylic oxidation sites excluding steroid dienone is 3. The van der Waals surface area contributed by atoms with E-state index < -0.39 is 0 Å². The molecule has 1 heteroatoms. The van der Waals surface area contributed by atoms with E-state index in [1.807, 2.05) is 6.92 Å². The third-order valence-corrected chi connectivity index (χ3v) is 1.76. The maximum absolute atomic E-state index is 3.81. The molecule has 1 nitrogen and oxygen atoms in total. The van der Waals surface area contributed by atoms with E-state index in [9.17, 15) is 0 Å². The Hall–Kier alpha value is -0.720. The summed E-state index contributed by atoms with van der Waals surface area (Å²) in [7, 11) is 0. The van der Waals surface area contributed by atoms with Crippen LogP contribution in [-0.2, 0) is 0 Å². The van der Waals surface area contributed by atoms with Gasteiger partial charge in [0.15, 0.2) is 0 Å². The Labute approximate surface area is 70.2 Å². The van der Waals surface area contributed by atoms with Crippen LogP contribution in [0.25, 0.3) is 0 Å². The summed E-state index contributed by atoms with van der Waals surface area (Å²) in [6, 6.07) is 0. The van der Waals surface area contributed by atoms with Gasteiger partial charge in [-0.25, -0.2) is 0 Å². The van der Waals surface area contributed by atoms with E-state index in [0.29, 0.717) is 0 Å². The SMILES string of the molecule is C=C(C)N/C(CC)=C(\C)CC. The summed E-state index contributed by atoms with van der Waals surface area (Å²) in [5.74, 6) is 0. The third kappa shape index (κ3) is 3.87. The van der Waals surface area contributed by atoms with Gasteiger partial charge in [-0.3, -0.25) is 0 Å². The summed E-state index contributed by atoms with van der Waals surface area (Å²) in [6.07, 6.45) is 2.18. The van der Waals surface area contributed by atoms with Crippen LogP contribution < -0.4 is 5.32 Å². The summed E-state index contributed by atoms with van der Waals surface area (Å²) in [5, 5.41) is 3.27. The predicted octanol–water partition coefficient (Wildman–Crippen LogP) is 3.20. The first-order valence-corrected chi connectivity index (χ1v) is 4.22. The summed E-state index contributed by atoms with van der Waals surface area (Å²) < 4.78 is 0. The van der Waals surface area contributed by atoms with Crippen LogP contribution >= 0.6 is 0 Å². The van der Waals surface area contributed by atoms with Crippen LogP contribution in [0.2, 0.25) is 0 Å². The molecule has 1 N–H and O–H groups in total. The molecule has 0 aliphatic carbocycles. The van der Waals surface area contributed by atoms with Crippen LogP contribution in [0.3, 0.4) is 0 Å². The van der Waals surface area contributed by atoms with Gasteiger partial charge < -0.3 is 5.32 Å². The van der Waals surface area contributed by atoms with Crippen molar-refractivity contribution in [2.75, 3.05) is 0 Å². The molecule has 0 heterocycles. The minimum Gasteiger partial charge on any atom is -0.363 e. The lowest BCUT2D eigenvalue weighted by Gasteiger charge is -2.11. The number of hydrogen-bond donors (Lipinski definition) is 1. The standard InChI is InChI=1S/C10H19N/c1-6-9(5)10(7-2)11-8(3)4/h11H,3,6-7H2,1-2,4-5H3/b10-9+. The number of hydrogen-bond acceptors (Lipinski definition) is 1. The highest BCUT2D eigenvalue weighted by atomic mass is 14.9. The fourth-order valence-corrected chi connectivity index (χ4v) is 0.968. The van der Waals surface area contributed by atoms with Crippen molar-refractivity contribution >= 4 is 0 Å². The second kappa shape index (κ2) is 5.00. The lowest BCUT2D eigenvalue weighted by molar-refractivity contribution is 0.849. The fraction of sp³-hybridized carbons (Fsp3) is 0.600. The number of nitrogens with one attached hydrogen (secondary N) is 1. The first-order valence-electron chi connectivity index (χ1n) is 4.22. The van der Waals surface area contributed by atoms with Gasteiger partial charge in [-0.15, -0.1) is 0 Å². The van der Waals surface area contributed by atoms with E-state index >= 15 is 0 Å². The van der Waals surface area contributed by atoms with Gasteiger partial charge in [0.25, 0.3) is 0 Å². The molecule has 0 radical (unpaired) electrons. The van der Waals surface area contributed by atoms with E-state index in [2.05, 4.69) is 32.7 Å². The Morgan fingerprint density at radius 1 is 1.18 bits per heavy atom. The molecule has 0 aromatic carbocycles. The molecule has 0 saturated heterocycles. The maximum Gasteiger partial charge on any atom is 0.0134 e. The Bertz CT molecular complexity index is 166. The van der Waals surface area contributed by atoms with Gasteiger partial charge in [0.1, 0.15) is 0 Å². The van der Waals surface area contributed by atoms with Crippen molar-refractivity contribution in [1.82, 2.24) is 5.32 Å². The Morgan fingerprint density at radius 3 is 2.00 bits per heavy atom. The summed E-state index contributed by atoms with van der Waals surface area (Å²) >= 11 is 0. The van der Waals surface area contributed by atoms with Crippen LogP contribution in [0, 0.1) is 0 Å². The molecule has 0 bridgehead atoms. The molecule has 0 unspecified atom stereocenters. The van der Waals surface area contributed by atoms with E-state index in [1.54, 1.807) is 0 Å². The van der Waals surface area contributed by atoms with Gasteiger partial charge in [0.2, 0.25) is 0 Å². The topological polar surface area (TPSA) is 12.0 Å². The summed E-state index contributed by atoms with van der Waals surface area (Å²) in [4.78, 5) is 0. The van der Waals surface area contributed by atoms with Crippen LogP contribution in [0.5, 0.6) is 0 Å². The van der Waals surface area contributed by atoms with E-state index in [1.165, 1.54) is 11.3 Å². The van der Waals surface area contributed by atoms with E-state index in [4.69, 9.17) is 0 Å². The first-order chi connectivity index (χ1) is 5.11. The number of rotatable bonds is 4. The largest absolute Gasteiger partial charge is 0.363 e. The van der Waals surface area contributed by atoms with Crippen LogP contribution in [0.1, 0.15) is 40.5 Å². The Morgan fingerprint density at radius 2 is 1.73 bits per heavy atom. The van der Waals surface area contributed by atoms with Crippen LogP contribution in [-0.4, -0.2) is 0 Å². The Kier molecular flexibility index (Phi) is 4.67. The second-order valence-corrected chi connectivity index (χ2v) is 2.87. The molecule has 0 aliphatic rings. The molecule has 11 heavy (non-hydrogen) atoms. The molecule has 0 aromatic heterocycles. The van der Waals surface area contributed by atoms with Gasteiger partial charge in [-0.05, 0) is 26.7 Å². The molecular weight excluding hydrogens is 134 g/mol. The zero-order valence-corrected chi connectivity index (χ0v) is 8.12. The molecule has 0 aromatic rings. The molecule has 0 atom stereocenters. The van der Waals surface area contributed by atoms with Gasteiger partial charge >= 0.3 is 0 Å². The molecule has 0 saturated carbocycles. The average molecular weight is 153 g/mol. The normalized spacial score (nSPS) is 12.4. The smallest absolute Gasteiger partial charge is 0.0134 e. The fourth-order valence-electron chi connectivity index (χ4n) is 0.968. The molecule has 0 spiro atoms. The van der Waals surface area contributed by atoms with Gasteiger partial charge in [0.05, 0.1) is 0 Å². The van der Waals surface area contributed by atoms with Crippen molar-refractivity contribution in [3.63, 3.8) is 0 Å². The minimum atomic E-state index is 1.02. The highest BCUT2D eigenvalue weighted by molar-refractivity contribution is 5.13. The molecule has 0 amide bonds. The van der Waals surface area contributed by atoms with Gasteiger partial charge in [0, 0.05) is 11.4 Å². The third-order valence-electron chi connectivity index (χ3n) is 1.76. The summed E-state index contributed by atoms with van der Waals surface area (Å²) in [6.45, 7) is 12.3. The van der Waals surface area contributed by atoms with Crippen molar-refractivity contribution in [2.45, 2.75) is 40.5 Å². The van der Waals surface area contributed by atoms with Crippen molar-refractivity contribution in [3.05, 3.63) is 23.5 Å². The maximum atomic E-state index is 3.81. The quantitative estimate of drug-likeness (QED) is 0.654. The van der Waals surface area contributed by atoms with Gasteiger partial charge in [-0.1, -0.05) is 26.0 Å². The first kappa shape index (κ1) is 10.3. The summed E-state index contributed by atoms with van der Waals surface area (Å²) in [5.41, 5.74) is 3.77. The zero-order chi connectivity index (χ0) is 8.85. The molecular formula is C10H19N. The highest BCUT2D eigenvalue weighted by Gasteiger charge is 1.96. The zero-order valence-electron chi connectivity index (χ0n) is 8.12. The predicted molar refractivity (Wildman–Crippen MR) is 51.2 cm³/mol.